The van der Waals surface area contributed by atoms with Crippen LogP contribution in [0.15, 0.2) is 261 Å². The van der Waals surface area contributed by atoms with Crippen molar-refractivity contribution in [1.29, 1.82) is 0 Å². The predicted molar refractivity (Wildman–Crippen MR) is 285 cm³/mol. The van der Waals surface area contributed by atoms with Crippen molar-refractivity contribution in [3.05, 3.63) is 261 Å². The Bertz CT molecular complexity index is 3820. The minimum absolute atomic E-state index is 1.12. The molecule has 0 atom stereocenters. The Morgan fingerprint density at radius 2 is 0.522 bits per heavy atom. The minimum atomic E-state index is 1.12. The van der Waals surface area contributed by atoms with Gasteiger partial charge in [0.2, 0.25) is 0 Å². The van der Waals surface area contributed by atoms with Gasteiger partial charge >= 0.3 is 0 Å². The lowest BCUT2D eigenvalue weighted by atomic mass is 9.88. The highest BCUT2D eigenvalue weighted by atomic mass is 15.1. The van der Waals surface area contributed by atoms with Crippen LogP contribution in [0.4, 0.5) is 17.1 Å². The number of nitrogens with zero attached hydrogens (tertiary/aromatic N) is 1. The Morgan fingerprint density at radius 3 is 1.04 bits per heavy atom. The molecule has 1 heterocycles. The summed E-state index contributed by atoms with van der Waals surface area (Å²) >= 11 is 0. The lowest BCUT2D eigenvalue weighted by Crippen LogP contribution is -2.11. The highest BCUT2D eigenvalue weighted by Crippen LogP contribution is 2.53. The maximum Gasteiger partial charge on any atom is 0.0540 e. The number of rotatable bonds is 6. The van der Waals surface area contributed by atoms with Gasteiger partial charge in [0.05, 0.1) is 11.4 Å². The van der Waals surface area contributed by atoms with Crippen LogP contribution in [0, 0.1) is 0 Å². The molecule has 0 radical (unpaired) electrons. The third-order valence-corrected chi connectivity index (χ3v) is 13.8. The molecule has 1 aliphatic rings. The highest BCUT2D eigenvalue weighted by molar-refractivity contribution is 6.25. The molecule has 0 bridgehead atoms. The molecule has 0 aliphatic carbocycles. The second-order valence-corrected chi connectivity index (χ2v) is 17.6. The van der Waals surface area contributed by atoms with Crippen molar-refractivity contribution >= 4 is 49.4 Å². The van der Waals surface area contributed by atoms with E-state index in [1.807, 2.05) is 0 Å². The van der Waals surface area contributed by atoms with Crippen LogP contribution in [-0.4, -0.2) is 0 Å². The van der Waals surface area contributed by atoms with Crippen molar-refractivity contribution in [2.75, 3.05) is 4.90 Å². The predicted octanol–water partition coefficient (Wildman–Crippen LogP) is 18.6. The van der Waals surface area contributed by atoms with Gasteiger partial charge in [-0.1, -0.05) is 200 Å². The van der Waals surface area contributed by atoms with Crippen molar-refractivity contribution in [2.24, 2.45) is 0 Å². The molecular weight excluding hydrogens is 807 g/mol. The van der Waals surface area contributed by atoms with E-state index >= 15 is 0 Å². The lowest BCUT2D eigenvalue weighted by molar-refractivity contribution is 1.29. The van der Waals surface area contributed by atoms with Crippen LogP contribution in [0.5, 0.6) is 0 Å². The van der Waals surface area contributed by atoms with Gasteiger partial charge in [-0.25, -0.2) is 0 Å². The van der Waals surface area contributed by atoms with Crippen molar-refractivity contribution in [2.45, 2.75) is 0 Å². The van der Waals surface area contributed by atoms with Gasteiger partial charge in [0.1, 0.15) is 0 Å². The second-order valence-electron chi connectivity index (χ2n) is 17.6. The number of hydrogen-bond acceptors (Lipinski definition) is 1. The van der Waals surface area contributed by atoms with E-state index in [0.29, 0.717) is 0 Å². The standard InChI is InChI=1S/C66H43N/c1-4-16-44(17-5-1)50-32-36-65-63(42-50)60-35-31-53(41-62(60)64-43-51(45-18-6-2-7-19-45)33-37-66(64)67(65)54-24-8-3-9-25-54)49-23-15-21-47(39-49)46-20-14-22-48(38-46)52-30-34-59-57-28-11-10-26-55(57)56-27-12-13-29-58(56)61(59)40-52/h1-43H. The van der Waals surface area contributed by atoms with Gasteiger partial charge < -0.3 is 4.90 Å². The van der Waals surface area contributed by atoms with Gasteiger partial charge in [-0.05, 0) is 160 Å². The van der Waals surface area contributed by atoms with E-state index in [-0.39, 0.29) is 0 Å². The summed E-state index contributed by atoms with van der Waals surface area (Å²) < 4.78 is 0. The topological polar surface area (TPSA) is 3.24 Å². The molecule has 1 nitrogen and oxygen atoms in total. The molecule has 0 saturated carbocycles. The first kappa shape index (κ1) is 38.7. The van der Waals surface area contributed by atoms with Crippen LogP contribution in [0.25, 0.3) is 110 Å². The molecule has 0 aromatic heterocycles. The van der Waals surface area contributed by atoms with E-state index in [1.165, 1.54) is 110 Å². The summed E-state index contributed by atoms with van der Waals surface area (Å²) in [5, 5.41) is 7.74. The molecule has 12 aromatic carbocycles. The molecule has 0 fully saturated rings. The van der Waals surface area contributed by atoms with Crippen LogP contribution >= 0.6 is 0 Å². The van der Waals surface area contributed by atoms with Gasteiger partial charge in [-0.3, -0.25) is 0 Å². The molecule has 0 N–H and O–H groups in total. The normalized spacial score (nSPS) is 11.9. The van der Waals surface area contributed by atoms with E-state index in [4.69, 9.17) is 0 Å². The third kappa shape index (κ3) is 6.71. The molecule has 0 amide bonds. The molecule has 1 heteroatoms. The van der Waals surface area contributed by atoms with Gasteiger partial charge in [-0.2, -0.15) is 0 Å². The maximum absolute atomic E-state index is 2.45. The van der Waals surface area contributed by atoms with Crippen LogP contribution in [0.3, 0.4) is 0 Å². The zero-order chi connectivity index (χ0) is 44.3. The SMILES string of the molecule is c1ccc(-c2ccc3c(c2)-c2ccc(-c4cccc(-c5cccc(-c6ccc7c8ccccc8c8ccccc8c7c6)c5)c4)cc2-c2cc(-c4ccccc4)ccc2N3c2ccccc2)cc1. The number of fused-ring (bicyclic) bond motifs is 11. The zero-order valence-electron chi connectivity index (χ0n) is 36.8. The summed E-state index contributed by atoms with van der Waals surface area (Å²) in [5.74, 6) is 0. The Labute approximate surface area is 391 Å². The van der Waals surface area contributed by atoms with Crippen molar-refractivity contribution in [3.63, 3.8) is 0 Å². The third-order valence-electron chi connectivity index (χ3n) is 13.8. The highest BCUT2D eigenvalue weighted by Gasteiger charge is 2.27. The van der Waals surface area contributed by atoms with Crippen molar-refractivity contribution in [3.8, 4) is 77.9 Å². The Kier molecular flexibility index (Phi) is 9.25. The summed E-state index contributed by atoms with van der Waals surface area (Å²) in [7, 11) is 0. The molecule has 67 heavy (non-hydrogen) atoms. The summed E-state index contributed by atoms with van der Waals surface area (Å²) in [4.78, 5) is 2.45. The molecular formula is C66H43N. The van der Waals surface area contributed by atoms with Crippen LogP contribution in [0.2, 0.25) is 0 Å². The summed E-state index contributed by atoms with van der Waals surface area (Å²) in [6.45, 7) is 0. The average molecular weight is 850 g/mol. The Hall–Kier alpha value is -8.78. The van der Waals surface area contributed by atoms with E-state index < -0.39 is 0 Å². The molecule has 12 aromatic rings. The van der Waals surface area contributed by atoms with Crippen LogP contribution < -0.4 is 4.90 Å². The number of hydrogen-bond donors (Lipinski definition) is 0. The number of para-hydroxylation sites is 1. The molecule has 0 spiro atoms. The maximum atomic E-state index is 2.45. The Balaban J connectivity index is 0.953. The number of benzene rings is 12. The van der Waals surface area contributed by atoms with Gasteiger partial charge in [0, 0.05) is 16.8 Å². The van der Waals surface area contributed by atoms with Gasteiger partial charge in [0.25, 0.3) is 0 Å². The lowest BCUT2D eigenvalue weighted by Gasteiger charge is -2.28. The smallest absolute Gasteiger partial charge is 0.0540 e. The van der Waals surface area contributed by atoms with E-state index in [0.717, 1.165) is 17.1 Å². The first-order valence-corrected chi connectivity index (χ1v) is 23.2. The fraction of sp³-hybridized carbons (Fsp3) is 0. The van der Waals surface area contributed by atoms with E-state index in [1.54, 1.807) is 0 Å². The average Bonchev–Trinajstić information content (AvgIpc) is 3.53. The molecule has 0 saturated heterocycles. The summed E-state index contributed by atoms with van der Waals surface area (Å²) in [6, 6.07) is 96.0. The monoisotopic (exact) mass is 849 g/mol. The van der Waals surface area contributed by atoms with Crippen molar-refractivity contribution < 1.29 is 0 Å². The molecule has 1 aliphatic heterocycles. The first-order valence-electron chi connectivity index (χ1n) is 23.2. The largest absolute Gasteiger partial charge is 0.309 e. The van der Waals surface area contributed by atoms with Gasteiger partial charge in [-0.15, -0.1) is 0 Å². The summed E-state index contributed by atoms with van der Waals surface area (Å²) in [6.07, 6.45) is 0. The molecule has 312 valence electrons. The van der Waals surface area contributed by atoms with Gasteiger partial charge in [0.15, 0.2) is 0 Å². The molecule has 0 unspecified atom stereocenters. The fourth-order valence-corrected chi connectivity index (χ4v) is 10.5. The Morgan fingerprint density at radius 1 is 0.179 bits per heavy atom. The summed E-state index contributed by atoms with van der Waals surface area (Å²) in [5.41, 5.74) is 20.2. The molecule has 13 rings (SSSR count). The van der Waals surface area contributed by atoms with E-state index in [9.17, 15) is 0 Å². The number of anilines is 3. The van der Waals surface area contributed by atoms with E-state index in [2.05, 4.69) is 266 Å². The van der Waals surface area contributed by atoms with Crippen LogP contribution in [0.1, 0.15) is 0 Å². The quantitative estimate of drug-likeness (QED) is 0.151. The second kappa shape index (κ2) is 16.0. The van der Waals surface area contributed by atoms with Crippen molar-refractivity contribution in [1.82, 2.24) is 0 Å². The zero-order valence-corrected chi connectivity index (χ0v) is 36.8. The fourth-order valence-electron chi connectivity index (χ4n) is 10.5. The minimum Gasteiger partial charge on any atom is -0.309 e. The van der Waals surface area contributed by atoms with Crippen LogP contribution in [-0.2, 0) is 0 Å². The first-order chi connectivity index (χ1) is 33.2.